The largest absolute Gasteiger partial charge is 0.477 e. The van der Waals surface area contributed by atoms with Crippen LogP contribution in [0.5, 0.6) is 0 Å². The third kappa shape index (κ3) is 4.08. The molecular weight excluding hydrogens is 320 g/mol. The van der Waals surface area contributed by atoms with Gasteiger partial charge in [-0.15, -0.1) is 0 Å². The van der Waals surface area contributed by atoms with Crippen LogP contribution in [0.2, 0.25) is 0 Å². The summed E-state index contributed by atoms with van der Waals surface area (Å²) in [6.07, 6.45) is 2.46. The highest BCUT2D eigenvalue weighted by molar-refractivity contribution is 5.88. The summed E-state index contributed by atoms with van der Waals surface area (Å²) in [6.45, 7) is 0.708. The smallest absolute Gasteiger partial charge is 0.341 e. The molecule has 126 valence electrons. The second-order valence-corrected chi connectivity index (χ2v) is 5.39. The highest BCUT2D eigenvalue weighted by atomic mass is 16.4. The zero-order valence-electron chi connectivity index (χ0n) is 13.3. The summed E-state index contributed by atoms with van der Waals surface area (Å²) in [5, 5.41) is 18.4. The van der Waals surface area contributed by atoms with Crippen molar-refractivity contribution in [3.05, 3.63) is 76.2 Å². The molecule has 2 aromatic heterocycles. The predicted octanol–water partition coefficient (Wildman–Crippen LogP) is 2.18. The summed E-state index contributed by atoms with van der Waals surface area (Å²) < 4.78 is 0. The van der Waals surface area contributed by atoms with Gasteiger partial charge in [-0.2, -0.15) is 5.10 Å². The first-order chi connectivity index (χ1) is 12.1. The molecule has 3 aromatic rings. The third-order valence-electron chi connectivity index (χ3n) is 3.65. The van der Waals surface area contributed by atoms with Crippen LogP contribution >= 0.6 is 0 Å². The number of carboxylic acids is 1. The van der Waals surface area contributed by atoms with Gasteiger partial charge in [0.1, 0.15) is 11.4 Å². The lowest BCUT2D eigenvalue weighted by atomic mass is 10.1. The molecule has 0 unspecified atom stereocenters. The maximum absolute atomic E-state index is 11.5. The van der Waals surface area contributed by atoms with E-state index in [0.29, 0.717) is 23.6 Å². The monoisotopic (exact) mass is 336 g/mol. The zero-order valence-corrected chi connectivity index (χ0v) is 13.3. The first kappa shape index (κ1) is 16.4. The number of carbonyl (C=O) groups is 1. The number of aromatic carboxylic acids is 1. The molecule has 0 radical (unpaired) electrons. The number of hydrogen-bond donors (Lipinski definition) is 3. The molecule has 1 aromatic carbocycles. The molecule has 0 saturated carbocycles. The van der Waals surface area contributed by atoms with Gasteiger partial charge in [-0.1, -0.05) is 30.3 Å². The van der Waals surface area contributed by atoms with Crippen molar-refractivity contribution in [3.8, 4) is 11.3 Å². The van der Waals surface area contributed by atoms with E-state index in [0.717, 1.165) is 6.42 Å². The van der Waals surface area contributed by atoms with Crippen molar-refractivity contribution in [1.82, 2.24) is 15.2 Å². The average Bonchev–Trinajstić information content (AvgIpc) is 2.63. The maximum Gasteiger partial charge on any atom is 0.341 e. The SMILES string of the molecule is O=C(O)c1cc(-c2ccnc(NCCc3ccccc3)c2)n[nH]c1=O. The van der Waals surface area contributed by atoms with Gasteiger partial charge in [0.05, 0.1) is 5.69 Å². The molecule has 7 nitrogen and oxygen atoms in total. The van der Waals surface area contributed by atoms with E-state index in [1.807, 2.05) is 18.2 Å². The summed E-state index contributed by atoms with van der Waals surface area (Å²) in [5.41, 5.74) is 1.17. The fourth-order valence-corrected chi connectivity index (χ4v) is 2.38. The van der Waals surface area contributed by atoms with Crippen LogP contribution in [0.25, 0.3) is 11.3 Å². The van der Waals surface area contributed by atoms with Gasteiger partial charge < -0.3 is 10.4 Å². The van der Waals surface area contributed by atoms with E-state index in [1.54, 1.807) is 18.3 Å². The van der Waals surface area contributed by atoms with Gasteiger partial charge in [0.25, 0.3) is 5.56 Å². The Kier molecular flexibility index (Phi) is 4.84. The number of hydrogen-bond acceptors (Lipinski definition) is 5. The quantitative estimate of drug-likeness (QED) is 0.637. The minimum absolute atomic E-state index is 0.347. The second-order valence-electron chi connectivity index (χ2n) is 5.39. The Bertz CT molecular complexity index is 938. The molecule has 3 N–H and O–H groups in total. The van der Waals surface area contributed by atoms with Gasteiger partial charge in [0.15, 0.2) is 0 Å². The van der Waals surface area contributed by atoms with E-state index in [1.165, 1.54) is 11.6 Å². The lowest BCUT2D eigenvalue weighted by Gasteiger charge is -2.07. The fraction of sp³-hybridized carbons (Fsp3) is 0.111. The minimum Gasteiger partial charge on any atom is -0.477 e. The van der Waals surface area contributed by atoms with Crippen LogP contribution < -0.4 is 10.9 Å². The number of benzene rings is 1. The highest BCUT2D eigenvalue weighted by Crippen LogP contribution is 2.18. The second kappa shape index (κ2) is 7.39. The highest BCUT2D eigenvalue weighted by Gasteiger charge is 2.12. The lowest BCUT2D eigenvalue weighted by molar-refractivity contribution is 0.0694. The number of anilines is 1. The predicted molar refractivity (Wildman–Crippen MR) is 93.7 cm³/mol. The van der Waals surface area contributed by atoms with E-state index in [9.17, 15) is 9.59 Å². The normalized spacial score (nSPS) is 10.4. The lowest BCUT2D eigenvalue weighted by Crippen LogP contribution is -2.18. The fourth-order valence-electron chi connectivity index (χ4n) is 2.38. The van der Waals surface area contributed by atoms with Crippen LogP contribution in [-0.2, 0) is 6.42 Å². The Labute approximate surface area is 143 Å². The molecule has 0 aliphatic rings. The number of pyridine rings is 1. The molecule has 3 rings (SSSR count). The van der Waals surface area contributed by atoms with Crippen molar-refractivity contribution >= 4 is 11.8 Å². The Morgan fingerprint density at radius 1 is 1.16 bits per heavy atom. The Balaban J connectivity index is 1.74. The summed E-state index contributed by atoms with van der Waals surface area (Å²) in [7, 11) is 0. The molecule has 0 amide bonds. The van der Waals surface area contributed by atoms with Crippen molar-refractivity contribution in [3.63, 3.8) is 0 Å². The molecule has 0 spiro atoms. The summed E-state index contributed by atoms with van der Waals surface area (Å²) >= 11 is 0. The summed E-state index contributed by atoms with van der Waals surface area (Å²) in [6, 6.07) is 14.8. The van der Waals surface area contributed by atoms with Gasteiger partial charge in [-0.05, 0) is 30.2 Å². The molecule has 0 aliphatic carbocycles. The number of rotatable bonds is 6. The van der Waals surface area contributed by atoms with Crippen molar-refractivity contribution in [2.24, 2.45) is 0 Å². The van der Waals surface area contributed by atoms with Crippen LogP contribution in [0, 0.1) is 0 Å². The topological polar surface area (TPSA) is 108 Å². The van der Waals surface area contributed by atoms with Gasteiger partial charge in [-0.3, -0.25) is 4.79 Å². The van der Waals surface area contributed by atoms with Gasteiger partial charge in [0, 0.05) is 18.3 Å². The van der Waals surface area contributed by atoms with E-state index in [2.05, 4.69) is 32.6 Å². The van der Waals surface area contributed by atoms with E-state index >= 15 is 0 Å². The van der Waals surface area contributed by atoms with E-state index in [4.69, 9.17) is 5.11 Å². The van der Waals surface area contributed by atoms with Crippen LogP contribution in [0.15, 0.2) is 59.5 Å². The minimum atomic E-state index is -1.29. The average molecular weight is 336 g/mol. The molecule has 25 heavy (non-hydrogen) atoms. The van der Waals surface area contributed by atoms with Crippen molar-refractivity contribution in [2.45, 2.75) is 6.42 Å². The Morgan fingerprint density at radius 3 is 2.72 bits per heavy atom. The first-order valence-corrected chi connectivity index (χ1v) is 7.71. The van der Waals surface area contributed by atoms with Crippen LogP contribution in [0.1, 0.15) is 15.9 Å². The number of carboxylic acid groups (broad SMARTS) is 1. The standard InChI is InChI=1S/C18H16N4O3/c23-17-14(18(24)25)11-15(21-22-17)13-7-9-20-16(10-13)19-8-6-12-4-2-1-3-5-12/h1-5,7,9-11H,6,8H2,(H,19,20)(H,22,23)(H,24,25). The van der Waals surface area contributed by atoms with E-state index < -0.39 is 11.5 Å². The molecule has 7 heteroatoms. The molecule has 0 fully saturated rings. The van der Waals surface area contributed by atoms with Crippen molar-refractivity contribution in [2.75, 3.05) is 11.9 Å². The molecule has 0 atom stereocenters. The molecule has 2 heterocycles. The maximum atomic E-state index is 11.5. The number of aromatic amines is 1. The number of H-pyrrole nitrogens is 1. The van der Waals surface area contributed by atoms with Gasteiger partial charge >= 0.3 is 5.97 Å². The summed E-state index contributed by atoms with van der Waals surface area (Å²) in [4.78, 5) is 26.8. The number of nitrogens with one attached hydrogen (secondary N) is 2. The van der Waals surface area contributed by atoms with Crippen LogP contribution in [-0.4, -0.2) is 32.8 Å². The molecule has 0 aliphatic heterocycles. The molecular formula is C18H16N4O3. The first-order valence-electron chi connectivity index (χ1n) is 7.71. The third-order valence-corrected chi connectivity index (χ3v) is 3.65. The number of nitrogens with zero attached hydrogens (tertiary/aromatic N) is 2. The summed E-state index contributed by atoms with van der Waals surface area (Å²) in [5.74, 6) is -0.640. The van der Waals surface area contributed by atoms with Crippen molar-refractivity contribution in [1.29, 1.82) is 0 Å². The van der Waals surface area contributed by atoms with Gasteiger partial charge in [0.2, 0.25) is 0 Å². The number of aromatic nitrogens is 3. The molecule has 0 saturated heterocycles. The Morgan fingerprint density at radius 2 is 1.96 bits per heavy atom. The van der Waals surface area contributed by atoms with Gasteiger partial charge in [-0.25, -0.2) is 14.9 Å². The van der Waals surface area contributed by atoms with E-state index in [-0.39, 0.29) is 5.56 Å². The van der Waals surface area contributed by atoms with Crippen molar-refractivity contribution < 1.29 is 9.90 Å². The Hall–Kier alpha value is -3.48. The zero-order chi connectivity index (χ0) is 17.6. The molecule has 0 bridgehead atoms. The van der Waals surface area contributed by atoms with Crippen LogP contribution in [0.3, 0.4) is 0 Å². The van der Waals surface area contributed by atoms with Crippen LogP contribution in [0.4, 0.5) is 5.82 Å².